The lowest BCUT2D eigenvalue weighted by atomic mass is 9.73. The molecule has 0 saturated heterocycles. The molecule has 0 aromatic heterocycles. The molecule has 1 aliphatic carbocycles. The summed E-state index contributed by atoms with van der Waals surface area (Å²) in [4.78, 5) is 27.0. The van der Waals surface area contributed by atoms with Gasteiger partial charge in [0.2, 0.25) is 5.91 Å². The molecule has 0 bridgehead atoms. The van der Waals surface area contributed by atoms with Crippen molar-refractivity contribution in [3.05, 3.63) is 23.3 Å². The van der Waals surface area contributed by atoms with Gasteiger partial charge in [-0.1, -0.05) is 13.8 Å². The predicted octanol–water partition coefficient (Wildman–Crippen LogP) is 2.55. The average Bonchev–Trinajstić information content (AvgIpc) is 3.43. The molecule has 5 nitrogen and oxygen atoms in total. The molecule has 0 radical (unpaired) electrons. The molecule has 2 aliphatic rings. The van der Waals surface area contributed by atoms with Crippen molar-refractivity contribution in [3.63, 3.8) is 0 Å². The van der Waals surface area contributed by atoms with E-state index in [1.165, 1.54) is 0 Å². The molecule has 1 aromatic carbocycles. The first-order valence-corrected chi connectivity index (χ1v) is 8.52. The highest BCUT2D eigenvalue weighted by molar-refractivity contribution is 5.87. The van der Waals surface area contributed by atoms with Crippen LogP contribution in [0.15, 0.2) is 12.1 Å². The van der Waals surface area contributed by atoms with Crippen molar-refractivity contribution in [2.75, 3.05) is 20.8 Å². The van der Waals surface area contributed by atoms with Gasteiger partial charge in [-0.15, -0.1) is 0 Å². The number of rotatable bonds is 5. The van der Waals surface area contributed by atoms with Gasteiger partial charge < -0.3 is 19.2 Å². The molecule has 1 fully saturated rings. The van der Waals surface area contributed by atoms with Crippen LogP contribution in [0.25, 0.3) is 0 Å². The summed E-state index contributed by atoms with van der Waals surface area (Å²) in [7, 11) is 3.18. The van der Waals surface area contributed by atoms with Gasteiger partial charge in [0.25, 0.3) is 0 Å². The van der Waals surface area contributed by atoms with Gasteiger partial charge in [0.1, 0.15) is 5.54 Å². The van der Waals surface area contributed by atoms with E-state index in [2.05, 4.69) is 0 Å². The summed E-state index contributed by atoms with van der Waals surface area (Å²) in [5.41, 5.74) is 0.978. The highest BCUT2D eigenvalue weighted by Gasteiger charge is 2.50. The van der Waals surface area contributed by atoms with Gasteiger partial charge >= 0.3 is 0 Å². The van der Waals surface area contributed by atoms with Gasteiger partial charge in [-0.05, 0) is 48.4 Å². The molecule has 1 atom stereocenters. The molecule has 1 aliphatic heterocycles. The minimum Gasteiger partial charge on any atom is -0.493 e. The zero-order chi connectivity index (χ0) is 17.5. The Bertz CT molecular complexity index is 666. The maximum Gasteiger partial charge on any atom is 0.226 e. The fourth-order valence-corrected chi connectivity index (χ4v) is 3.79. The van der Waals surface area contributed by atoms with Crippen LogP contribution in [0.2, 0.25) is 0 Å². The second-order valence-corrected chi connectivity index (χ2v) is 6.98. The maximum atomic E-state index is 12.8. The number of carbonyl (C=O) groups excluding carboxylic acids is 2. The van der Waals surface area contributed by atoms with Crippen LogP contribution >= 0.6 is 0 Å². The first-order chi connectivity index (χ1) is 11.5. The Labute approximate surface area is 142 Å². The van der Waals surface area contributed by atoms with Crippen molar-refractivity contribution < 1.29 is 19.1 Å². The second kappa shape index (κ2) is 6.11. The van der Waals surface area contributed by atoms with Crippen molar-refractivity contribution in [1.29, 1.82) is 0 Å². The van der Waals surface area contributed by atoms with Crippen LogP contribution in [-0.2, 0) is 21.5 Å². The predicted molar refractivity (Wildman–Crippen MR) is 90.3 cm³/mol. The molecule has 1 saturated carbocycles. The number of aldehydes is 1. The average molecular weight is 331 g/mol. The topological polar surface area (TPSA) is 55.8 Å². The van der Waals surface area contributed by atoms with Crippen LogP contribution in [-0.4, -0.2) is 37.9 Å². The third kappa shape index (κ3) is 2.38. The van der Waals surface area contributed by atoms with Crippen LogP contribution < -0.4 is 9.47 Å². The van der Waals surface area contributed by atoms with Crippen LogP contribution in [0.3, 0.4) is 0 Å². The zero-order valence-corrected chi connectivity index (χ0v) is 14.8. The summed E-state index contributed by atoms with van der Waals surface area (Å²) < 4.78 is 10.8. The van der Waals surface area contributed by atoms with E-state index in [1.807, 2.05) is 26.0 Å². The largest absolute Gasteiger partial charge is 0.493 e. The van der Waals surface area contributed by atoms with Gasteiger partial charge in [-0.2, -0.15) is 0 Å². The summed E-state index contributed by atoms with van der Waals surface area (Å²) in [5.74, 6) is 1.40. The Morgan fingerprint density at radius 1 is 1.25 bits per heavy atom. The van der Waals surface area contributed by atoms with Crippen LogP contribution in [0.5, 0.6) is 11.5 Å². The monoisotopic (exact) mass is 331 g/mol. The van der Waals surface area contributed by atoms with Crippen molar-refractivity contribution >= 4 is 12.2 Å². The Kier molecular flexibility index (Phi) is 4.28. The second-order valence-electron chi connectivity index (χ2n) is 6.98. The minimum atomic E-state index is -0.938. The van der Waals surface area contributed by atoms with Crippen LogP contribution in [0, 0.1) is 11.8 Å². The SMILES string of the molecule is COc1cc2c(cc1OC)C(C=O)(C(C)C)N(C(=O)C1CC1)CC2. The number of benzene rings is 1. The molecule has 24 heavy (non-hydrogen) atoms. The number of fused-ring (bicyclic) bond motifs is 1. The highest BCUT2D eigenvalue weighted by Crippen LogP contribution is 2.46. The van der Waals surface area contributed by atoms with Crippen molar-refractivity contribution in [2.45, 2.75) is 38.6 Å². The molecular formula is C19H25NO4. The number of carbonyl (C=O) groups is 2. The summed E-state index contributed by atoms with van der Waals surface area (Å²) in [6.45, 7) is 4.55. The third-order valence-electron chi connectivity index (χ3n) is 5.34. The molecule has 0 spiro atoms. The summed E-state index contributed by atoms with van der Waals surface area (Å²) >= 11 is 0. The lowest BCUT2D eigenvalue weighted by Gasteiger charge is -2.47. The van der Waals surface area contributed by atoms with Gasteiger partial charge in [-0.3, -0.25) is 4.79 Å². The number of hydrogen-bond donors (Lipinski definition) is 0. The van der Waals surface area contributed by atoms with E-state index < -0.39 is 5.54 Å². The molecule has 1 amide bonds. The minimum absolute atomic E-state index is 0.0325. The van der Waals surface area contributed by atoms with E-state index in [4.69, 9.17) is 9.47 Å². The first-order valence-electron chi connectivity index (χ1n) is 8.52. The number of ether oxygens (including phenoxy) is 2. The molecule has 3 rings (SSSR count). The zero-order valence-electron chi connectivity index (χ0n) is 14.8. The van der Waals surface area contributed by atoms with Crippen molar-refractivity contribution in [2.24, 2.45) is 11.8 Å². The van der Waals surface area contributed by atoms with E-state index in [9.17, 15) is 9.59 Å². The number of methoxy groups -OCH3 is 2. The number of nitrogens with zero attached hydrogens (tertiary/aromatic N) is 1. The first kappa shape index (κ1) is 16.8. The molecule has 1 aromatic rings. The lowest BCUT2D eigenvalue weighted by molar-refractivity contribution is -0.147. The Morgan fingerprint density at radius 3 is 2.38 bits per heavy atom. The normalized spacial score (nSPS) is 23.0. The summed E-state index contributed by atoms with van der Waals surface area (Å²) in [5, 5.41) is 0. The molecule has 1 heterocycles. The number of amides is 1. The number of hydrogen-bond acceptors (Lipinski definition) is 4. The molecular weight excluding hydrogens is 306 g/mol. The summed E-state index contributed by atoms with van der Waals surface area (Å²) in [6, 6.07) is 3.81. The molecule has 1 unspecified atom stereocenters. The third-order valence-corrected chi connectivity index (χ3v) is 5.34. The standard InChI is InChI=1S/C19H25NO4/c1-12(2)19(11-21)15-10-17(24-4)16(23-3)9-14(15)7-8-20(19)18(22)13-5-6-13/h9-13H,5-8H2,1-4H3. The van der Waals surface area contributed by atoms with Crippen LogP contribution in [0.1, 0.15) is 37.8 Å². The smallest absolute Gasteiger partial charge is 0.226 e. The van der Waals surface area contributed by atoms with E-state index in [0.29, 0.717) is 18.0 Å². The fourth-order valence-electron chi connectivity index (χ4n) is 3.79. The molecule has 0 N–H and O–H groups in total. The van der Waals surface area contributed by atoms with Crippen LogP contribution in [0.4, 0.5) is 0 Å². The van der Waals surface area contributed by atoms with Crippen molar-refractivity contribution in [3.8, 4) is 11.5 Å². The van der Waals surface area contributed by atoms with E-state index >= 15 is 0 Å². The van der Waals surface area contributed by atoms with Crippen molar-refractivity contribution in [1.82, 2.24) is 4.90 Å². The lowest BCUT2D eigenvalue weighted by Crippen LogP contribution is -2.58. The van der Waals surface area contributed by atoms with E-state index in [0.717, 1.165) is 36.7 Å². The van der Waals surface area contributed by atoms with E-state index in [-0.39, 0.29) is 17.7 Å². The highest BCUT2D eigenvalue weighted by atomic mass is 16.5. The van der Waals surface area contributed by atoms with Gasteiger partial charge in [0, 0.05) is 12.5 Å². The van der Waals surface area contributed by atoms with Gasteiger partial charge in [0.15, 0.2) is 17.8 Å². The van der Waals surface area contributed by atoms with Gasteiger partial charge in [-0.25, -0.2) is 0 Å². The molecule has 130 valence electrons. The fraction of sp³-hybridized carbons (Fsp3) is 0.579. The quantitative estimate of drug-likeness (QED) is 0.778. The molecule has 5 heteroatoms. The summed E-state index contributed by atoms with van der Waals surface area (Å²) in [6.07, 6.45) is 3.53. The Hall–Kier alpha value is -2.04. The maximum absolute atomic E-state index is 12.8. The Balaban J connectivity index is 2.18. The van der Waals surface area contributed by atoms with E-state index in [1.54, 1.807) is 19.1 Å². The Morgan fingerprint density at radius 2 is 1.88 bits per heavy atom. The van der Waals surface area contributed by atoms with Gasteiger partial charge in [0.05, 0.1) is 14.2 Å².